The summed E-state index contributed by atoms with van der Waals surface area (Å²) >= 11 is 6.96. The van der Waals surface area contributed by atoms with Crippen molar-refractivity contribution in [3.8, 4) is 0 Å². The molecule has 0 unspecified atom stereocenters. The molecule has 1 heterocycles. The van der Waals surface area contributed by atoms with Crippen molar-refractivity contribution in [3.63, 3.8) is 0 Å². The first-order valence-electron chi connectivity index (χ1n) is 7.70. The molecule has 5 heteroatoms. The van der Waals surface area contributed by atoms with Gasteiger partial charge in [-0.15, -0.1) is 0 Å². The molecule has 3 nitrogen and oxygen atoms in total. The van der Waals surface area contributed by atoms with Crippen LogP contribution in [0.5, 0.6) is 0 Å². The highest BCUT2D eigenvalue weighted by Gasteiger charge is 2.38. The molecule has 1 saturated heterocycles. The molecule has 1 saturated carbocycles. The summed E-state index contributed by atoms with van der Waals surface area (Å²) in [5.74, 6) is 0.966. The van der Waals surface area contributed by atoms with Crippen LogP contribution in [0.2, 0.25) is 0 Å². The lowest BCUT2D eigenvalue weighted by Gasteiger charge is -2.40. The van der Waals surface area contributed by atoms with Gasteiger partial charge in [-0.3, -0.25) is 4.79 Å². The van der Waals surface area contributed by atoms with Gasteiger partial charge in [0.2, 0.25) is 5.91 Å². The van der Waals surface area contributed by atoms with Crippen LogP contribution < -0.4 is 5.73 Å². The van der Waals surface area contributed by atoms with Gasteiger partial charge in [0.05, 0.1) is 9.74 Å². The lowest BCUT2D eigenvalue weighted by molar-refractivity contribution is -0.133. The third-order valence-electron chi connectivity index (χ3n) is 4.95. The fourth-order valence-electron chi connectivity index (χ4n) is 3.44. The number of likely N-dealkylation sites (tertiary alicyclic amines) is 1. The Morgan fingerprint density at radius 1 is 1.30 bits per heavy atom. The van der Waals surface area contributed by atoms with E-state index >= 15 is 0 Å². The first-order valence-corrected chi connectivity index (χ1v) is 9.33. The van der Waals surface area contributed by atoms with E-state index in [1.54, 1.807) is 11.8 Å². The first kappa shape index (κ1) is 16.1. The van der Waals surface area contributed by atoms with Crippen LogP contribution in [0.4, 0.5) is 0 Å². The summed E-state index contributed by atoms with van der Waals surface area (Å²) in [5.41, 5.74) is 5.89. The van der Waals surface area contributed by atoms with E-state index < -0.39 is 0 Å². The van der Waals surface area contributed by atoms with E-state index in [2.05, 4.69) is 6.26 Å². The highest BCUT2D eigenvalue weighted by atomic mass is 32.2. The number of thiocarbonyl (C=S) groups is 1. The zero-order chi connectivity index (χ0) is 14.6. The van der Waals surface area contributed by atoms with E-state index in [1.165, 1.54) is 32.1 Å². The number of amides is 1. The maximum absolute atomic E-state index is 12.4. The molecule has 1 aliphatic carbocycles. The lowest BCUT2D eigenvalue weighted by atomic mass is 9.86. The Labute approximate surface area is 132 Å². The molecule has 2 rings (SSSR count). The van der Waals surface area contributed by atoms with Gasteiger partial charge in [0.15, 0.2) is 0 Å². The zero-order valence-corrected chi connectivity index (χ0v) is 14.0. The standard InChI is InChI=1S/C15H26N2OS2/c1-20-15(14(16)19)7-9-17(10-8-15)13(18)11-12-5-3-2-4-6-12/h12H,2-11H2,1H3,(H2,16,19). The molecule has 0 aromatic carbocycles. The predicted molar refractivity (Wildman–Crippen MR) is 90.0 cm³/mol. The minimum atomic E-state index is -0.0864. The van der Waals surface area contributed by atoms with Crippen LogP contribution >= 0.6 is 24.0 Å². The van der Waals surface area contributed by atoms with Crippen molar-refractivity contribution >= 4 is 34.9 Å². The van der Waals surface area contributed by atoms with Crippen molar-refractivity contribution in [3.05, 3.63) is 0 Å². The molecular weight excluding hydrogens is 288 g/mol. The Bertz CT molecular complexity index is 359. The molecule has 2 fully saturated rings. The number of rotatable bonds is 4. The number of nitrogens with zero attached hydrogens (tertiary/aromatic N) is 1. The third-order valence-corrected chi connectivity index (χ3v) is 6.88. The van der Waals surface area contributed by atoms with Crippen LogP contribution in [-0.4, -0.2) is 39.9 Å². The number of hydrogen-bond acceptors (Lipinski definition) is 3. The minimum absolute atomic E-state index is 0.0864. The lowest BCUT2D eigenvalue weighted by Crippen LogP contribution is -2.50. The average molecular weight is 315 g/mol. The molecule has 20 heavy (non-hydrogen) atoms. The van der Waals surface area contributed by atoms with Crippen molar-refractivity contribution in [2.24, 2.45) is 11.7 Å². The number of thioether (sulfide) groups is 1. The second-order valence-electron chi connectivity index (χ2n) is 6.15. The Morgan fingerprint density at radius 3 is 2.40 bits per heavy atom. The maximum atomic E-state index is 12.4. The summed E-state index contributed by atoms with van der Waals surface area (Å²) in [7, 11) is 0. The third kappa shape index (κ3) is 3.67. The van der Waals surface area contributed by atoms with Crippen LogP contribution in [0.15, 0.2) is 0 Å². The van der Waals surface area contributed by atoms with Gasteiger partial charge in [0, 0.05) is 19.5 Å². The number of nitrogens with two attached hydrogens (primary N) is 1. The van der Waals surface area contributed by atoms with Gasteiger partial charge in [0.25, 0.3) is 0 Å². The average Bonchev–Trinajstić information content (AvgIpc) is 2.48. The van der Waals surface area contributed by atoms with Crippen LogP contribution in [0, 0.1) is 5.92 Å². The highest BCUT2D eigenvalue weighted by molar-refractivity contribution is 8.02. The summed E-state index contributed by atoms with van der Waals surface area (Å²) in [4.78, 5) is 15.0. The van der Waals surface area contributed by atoms with Gasteiger partial charge in [-0.05, 0) is 37.9 Å². The highest BCUT2D eigenvalue weighted by Crippen LogP contribution is 2.35. The van der Waals surface area contributed by atoms with Gasteiger partial charge in [0.1, 0.15) is 0 Å². The van der Waals surface area contributed by atoms with Gasteiger partial charge in [-0.2, -0.15) is 11.8 Å². The van der Waals surface area contributed by atoms with E-state index in [9.17, 15) is 4.79 Å². The molecule has 2 aliphatic rings. The SMILES string of the molecule is CSC1(C(N)=S)CCN(C(=O)CC2CCCCC2)CC1. The Morgan fingerprint density at radius 2 is 1.90 bits per heavy atom. The van der Waals surface area contributed by atoms with Crippen molar-refractivity contribution in [2.75, 3.05) is 19.3 Å². The van der Waals surface area contributed by atoms with Crippen LogP contribution in [0.3, 0.4) is 0 Å². The molecule has 114 valence electrons. The topological polar surface area (TPSA) is 46.3 Å². The van der Waals surface area contributed by atoms with E-state index in [1.807, 2.05) is 4.90 Å². The fourth-order valence-corrected chi connectivity index (χ4v) is 4.68. The monoisotopic (exact) mass is 314 g/mol. The minimum Gasteiger partial charge on any atom is -0.392 e. The van der Waals surface area contributed by atoms with Crippen molar-refractivity contribution < 1.29 is 4.79 Å². The van der Waals surface area contributed by atoms with E-state index in [4.69, 9.17) is 18.0 Å². The number of piperidine rings is 1. The Kier molecular flexibility index (Phi) is 5.73. The zero-order valence-electron chi connectivity index (χ0n) is 12.4. The van der Waals surface area contributed by atoms with Gasteiger partial charge >= 0.3 is 0 Å². The molecule has 2 N–H and O–H groups in total. The Hall–Kier alpha value is -0.290. The van der Waals surface area contributed by atoms with Gasteiger partial charge in [-0.25, -0.2) is 0 Å². The smallest absolute Gasteiger partial charge is 0.222 e. The number of hydrogen-bond donors (Lipinski definition) is 1. The Balaban J connectivity index is 1.83. The van der Waals surface area contributed by atoms with E-state index in [0.717, 1.165) is 32.4 Å². The summed E-state index contributed by atoms with van der Waals surface area (Å²) in [6.07, 6.45) is 11.0. The summed E-state index contributed by atoms with van der Waals surface area (Å²) in [6, 6.07) is 0. The molecule has 0 radical (unpaired) electrons. The van der Waals surface area contributed by atoms with Crippen molar-refractivity contribution in [1.29, 1.82) is 0 Å². The molecule has 1 amide bonds. The van der Waals surface area contributed by atoms with Crippen LogP contribution in [0.25, 0.3) is 0 Å². The maximum Gasteiger partial charge on any atom is 0.222 e. The van der Waals surface area contributed by atoms with E-state index in [-0.39, 0.29) is 4.75 Å². The van der Waals surface area contributed by atoms with Gasteiger partial charge < -0.3 is 10.6 Å². The van der Waals surface area contributed by atoms with Crippen molar-refractivity contribution in [2.45, 2.75) is 56.1 Å². The fraction of sp³-hybridized carbons (Fsp3) is 0.867. The molecule has 1 aliphatic heterocycles. The van der Waals surface area contributed by atoms with Crippen molar-refractivity contribution in [1.82, 2.24) is 4.90 Å². The quantitative estimate of drug-likeness (QED) is 0.810. The predicted octanol–water partition coefficient (Wildman–Crippen LogP) is 2.97. The summed E-state index contributed by atoms with van der Waals surface area (Å²) in [6.45, 7) is 1.62. The van der Waals surface area contributed by atoms with Gasteiger partial charge in [-0.1, -0.05) is 31.5 Å². The number of carbonyl (C=O) groups excluding carboxylic acids is 1. The van der Waals surface area contributed by atoms with Crippen LogP contribution in [-0.2, 0) is 4.79 Å². The summed E-state index contributed by atoms with van der Waals surface area (Å²) < 4.78 is -0.0864. The molecule has 0 aromatic heterocycles. The second kappa shape index (κ2) is 7.12. The summed E-state index contributed by atoms with van der Waals surface area (Å²) in [5, 5.41) is 0. The molecule has 0 aromatic rings. The molecule has 0 bridgehead atoms. The largest absolute Gasteiger partial charge is 0.392 e. The molecule has 0 spiro atoms. The molecule has 0 atom stereocenters. The number of carbonyl (C=O) groups is 1. The molecular formula is C15H26N2OS2. The van der Waals surface area contributed by atoms with Crippen LogP contribution in [0.1, 0.15) is 51.4 Å². The normalized spacial score (nSPS) is 23.6. The second-order valence-corrected chi connectivity index (χ2v) is 7.78. The van der Waals surface area contributed by atoms with E-state index in [0.29, 0.717) is 16.8 Å². The first-order chi connectivity index (χ1) is 9.57.